The van der Waals surface area contributed by atoms with Gasteiger partial charge in [0.05, 0.1) is 0 Å². The van der Waals surface area contributed by atoms with E-state index < -0.39 is 11.4 Å². The lowest BCUT2D eigenvalue weighted by molar-refractivity contribution is -0.125. The molecular weight excluding hydrogens is 270 g/mol. The van der Waals surface area contributed by atoms with Crippen molar-refractivity contribution in [1.29, 1.82) is 0 Å². The van der Waals surface area contributed by atoms with E-state index in [1.165, 1.54) is 0 Å². The molecule has 0 spiro atoms. The molecule has 0 aromatic heterocycles. The molecule has 6 heteroatoms. The number of anilines is 1. The molecule has 112 valence electrons. The Morgan fingerprint density at radius 3 is 2.81 bits per heavy atom. The van der Waals surface area contributed by atoms with Gasteiger partial charge in [0.2, 0.25) is 11.8 Å². The highest BCUT2D eigenvalue weighted by molar-refractivity contribution is 5.94. The molecule has 1 aromatic carbocycles. The number of aryl methyl sites for hydroxylation is 1. The van der Waals surface area contributed by atoms with Crippen LogP contribution in [0.3, 0.4) is 0 Å². The van der Waals surface area contributed by atoms with Gasteiger partial charge in [-0.2, -0.15) is 0 Å². The first-order chi connectivity index (χ1) is 9.99. The van der Waals surface area contributed by atoms with Gasteiger partial charge in [0.15, 0.2) is 0 Å². The number of rotatable bonds is 5. The summed E-state index contributed by atoms with van der Waals surface area (Å²) >= 11 is 0. The van der Waals surface area contributed by atoms with Gasteiger partial charge >= 0.3 is 0 Å². The Morgan fingerprint density at radius 2 is 2.14 bits per heavy atom. The van der Waals surface area contributed by atoms with Crippen LogP contribution in [-0.2, 0) is 16.0 Å². The molecule has 6 nitrogen and oxygen atoms in total. The van der Waals surface area contributed by atoms with Crippen LogP contribution < -0.4 is 21.5 Å². The van der Waals surface area contributed by atoms with Crippen molar-refractivity contribution < 1.29 is 14.3 Å². The summed E-state index contributed by atoms with van der Waals surface area (Å²) in [4.78, 5) is 22.9. The second-order valence-electron chi connectivity index (χ2n) is 5.83. The maximum Gasteiger partial charge on any atom is 0.241 e. The van der Waals surface area contributed by atoms with E-state index >= 15 is 0 Å². The van der Waals surface area contributed by atoms with Gasteiger partial charge in [-0.05, 0) is 48.9 Å². The first-order valence-electron chi connectivity index (χ1n) is 7.13. The van der Waals surface area contributed by atoms with Crippen molar-refractivity contribution in [2.24, 2.45) is 17.4 Å². The molecule has 1 aliphatic carbocycles. The van der Waals surface area contributed by atoms with Crippen LogP contribution in [-0.4, -0.2) is 24.0 Å². The maximum absolute atomic E-state index is 11.6. The lowest BCUT2D eigenvalue weighted by atomic mass is 9.95. The van der Waals surface area contributed by atoms with Gasteiger partial charge in [0.1, 0.15) is 17.9 Å². The molecule has 3 rings (SSSR count). The summed E-state index contributed by atoms with van der Waals surface area (Å²) in [6, 6.07) is 5.45. The highest BCUT2D eigenvalue weighted by Gasteiger charge is 2.47. The highest BCUT2D eigenvalue weighted by atomic mass is 16.5. The minimum Gasteiger partial charge on any atom is -0.491 e. The van der Waals surface area contributed by atoms with Crippen molar-refractivity contribution >= 4 is 17.5 Å². The fraction of sp³-hybridized carbons (Fsp3) is 0.467. The molecular formula is C15H19N3O3. The molecule has 1 atom stereocenters. The quantitative estimate of drug-likeness (QED) is 0.735. The summed E-state index contributed by atoms with van der Waals surface area (Å²) in [5.41, 5.74) is 12.3. The van der Waals surface area contributed by atoms with E-state index in [-0.39, 0.29) is 18.4 Å². The third-order valence-electron chi connectivity index (χ3n) is 4.21. The van der Waals surface area contributed by atoms with Crippen LogP contribution in [0.1, 0.15) is 24.8 Å². The first-order valence-corrected chi connectivity index (χ1v) is 7.13. The molecule has 2 amide bonds. The molecule has 1 aliphatic heterocycles. The summed E-state index contributed by atoms with van der Waals surface area (Å²) in [5.74, 6) is 0.267. The van der Waals surface area contributed by atoms with Gasteiger partial charge in [-0.3, -0.25) is 9.59 Å². The van der Waals surface area contributed by atoms with Gasteiger partial charge in [0, 0.05) is 12.1 Å². The topological polar surface area (TPSA) is 107 Å². The second kappa shape index (κ2) is 5.04. The number of carbonyl (C=O) groups excluding carboxylic acids is 2. The maximum atomic E-state index is 11.6. The smallest absolute Gasteiger partial charge is 0.241 e. The molecule has 1 fully saturated rings. The zero-order valence-electron chi connectivity index (χ0n) is 11.7. The van der Waals surface area contributed by atoms with Gasteiger partial charge in [-0.1, -0.05) is 0 Å². The van der Waals surface area contributed by atoms with Crippen LogP contribution in [0.15, 0.2) is 18.2 Å². The number of nitrogens with one attached hydrogen (secondary N) is 1. The molecule has 1 heterocycles. The Morgan fingerprint density at radius 1 is 1.38 bits per heavy atom. The van der Waals surface area contributed by atoms with E-state index in [4.69, 9.17) is 16.2 Å². The molecule has 1 unspecified atom stereocenters. The van der Waals surface area contributed by atoms with E-state index in [9.17, 15) is 9.59 Å². The lowest BCUT2D eigenvalue weighted by Crippen LogP contribution is -2.58. The number of carbonyl (C=O) groups is 2. The number of primary amides is 1. The lowest BCUT2D eigenvalue weighted by Gasteiger charge is -2.26. The normalized spacial score (nSPS) is 20.1. The van der Waals surface area contributed by atoms with Crippen LogP contribution in [0.5, 0.6) is 5.75 Å². The van der Waals surface area contributed by atoms with Crippen molar-refractivity contribution in [2.45, 2.75) is 31.2 Å². The molecule has 0 radical (unpaired) electrons. The number of hydrogen-bond donors (Lipinski definition) is 3. The SMILES string of the molecule is NC(=O)C(N)(COc1ccc2c(c1)CCC(=O)N2)C1CC1. The number of fused-ring (bicyclic) bond motifs is 1. The number of amides is 2. The Labute approximate surface area is 122 Å². The largest absolute Gasteiger partial charge is 0.491 e. The molecule has 1 aromatic rings. The zero-order valence-corrected chi connectivity index (χ0v) is 11.7. The van der Waals surface area contributed by atoms with Crippen LogP contribution in [0.2, 0.25) is 0 Å². The minimum atomic E-state index is -1.09. The third-order valence-corrected chi connectivity index (χ3v) is 4.21. The van der Waals surface area contributed by atoms with Crippen LogP contribution in [0, 0.1) is 5.92 Å². The summed E-state index contributed by atoms with van der Waals surface area (Å²) in [7, 11) is 0. The van der Waals surface area contributed by atoms with Crippen molar-refractivity contribution in [3.05, 3.63) is 23.8 Å². The first kappa shape index (κ1) is 13.9. The van der Waals surface area contributed by atoms with E-state index in [0.29, 0.717) is 18.6 Å². The Bertz CT molecular complexity index is 598. The monoisotopic (exact) mass is 289 g/mol. The summed E-state index contributed by atoms with van der Waals surface area (Å²) in [6.45, 7) is 0.0815. The van der Waals surface area contributed by atoms with Crippen molar-refractivity contribution in [3.8, 4) is 5.75 Å². The van der Waals surface area contributed by atoms with Crippen molar-refractivity contribution in [2.75, 3.05) is 11.9 Å². The predicted octanol–water partition coefficient (Wildman–Crippen LogP) is 0.543. The minimum absolute atomic E-state index is 0.0274. The van der Waals surface area contributed by atoms with Crippen LogP contribution in [0.4, 0.5) is 5.69 Å². The van der Waals surface area contributed by atoms with Crippen molar-refractivity contribution in [3.63, 3.8) is 0 Å². The van der Waals surface area contributed by atoms with Crippen molar-refractivity contribution in [1.82, 2.24) is 0 Å². The summed E-state index contributed by atoms with van der Waals surface area (Å²) < 4.78 is 5.69. The number of benzene rings is 1. The van der Waals surface area contributed by atoms with Gasteiger partial charge in [-0.15, -0.1) is 0 Å². The van der Waals surface area contributed by atoms with E-state index in [1.54, 1.807) is 12.1 Å². The fourth-order valence-electron chi connectivity index (χ4n) is 2.64. The molecule has 0 bridgehead atoms. The number of nitrogens with two attached hydrogens (primary N) is 2. The van der Waals surface area contributed by atoms with E-state index in [1.807, 2.05) is 6.07 Å². The average molecular weight is 289 g/mol. The zero-order chi connectivity index (χ0) is 15.0. The molecule has 1 saturated carbocycles. The van der Waals surface area contributed by atoms with Gasteiger partial charge < -0.3 is 21.5 Å². The highest BCUT2D eigenvalue weighted by Crippen LogP contribution is 2.38. The predicted molar refractivity (Wildman–Crippen MR) is 77.7 cm³/mol. The van der Waals surface area contributed by atoms with Crippen LogP contribution >= 0.6 is 0 Å². The Kier molecular flexibility index (Phi) is 3.33. The van der Waals surface area contributed by atoms with E-state index in [0.717, 1.165) is 24.1 Å². The van der Waals surface area contributed by atoms with E-state index in [2.05, 4.69) is 5.32 Å². The number of ether oxygens (including phenoxy) is 1. The van der Waals surface area contributed by atoms with Crippen LogP contribution in [0.25, 0.3) is 0 Å². The summed E-state index contributed by atoms with van der Waals surface area (Å²) in [6.07, 6.45) is 2.99. The standard InChI is InChI=1S/C15H19N3O3/c16-14(20)15(17,10-2-3-10)8-21-11-4-5-12-9(7-11)1-6-13(19)18-12/h4-5,7,10H,1-3,6,8,17H2,(H2,16,20)(H,18,19). The molecule has 5 N–H and O–H groups in total. The Hall–Kier alpha value is -2.08. The van der Waals surface area contributed by atoms with Gasteiger partial charge in [-0.25, -0.2) is 0 Å². The fourth-order valence-corrected chi connectivity index (χ4v) is 2.64. The molecule has 21 heavy (non-hydrogen) atoms. The van der Waals surface area contributed by atoms with Gasteiger partial charge in [0.25, 0.3) is 0 Å². The Balaban J connectivity index is 1.71. The average Bonchev–Trinajstić information content (AvgIpc) is 3.29. The summed E-state index contributed by atoms with van der Waals surface area (Å²) in [5, 5.41) is 2.81. The number of hydrogen-bond acceptors (Lipinski definition) is 4. The molecule has 2 aliphatic rings. The third kappa shape index (κ3) is 2.71. The second-order valence-corrected chi connectivity index (χ2v) is 5.83. The molecule has 0 saturated heterocycles.